The number of hydrogen-bond donors (Lipinski definition) is 0. The molecule has 0 spiro atoms. The molecule has 1 nitrogen and oxygen atoms in total. The average molecular weight is 343 g/mol. The van der Waals surface area contributed by atoms with Crippen molar-refractivity contribution in [3.8, 4) is 0 Å². The molecule has 0 saturated heterocycles. The molecule has 2 heteroatoms. The Morgan fingerprint density at radius 1 is 0.522 bits per heavy atom. The lowest BCUT2D eigenvalue weighted by molar-refractivity contribution is 0.356. The molecule has 0 saturated carbocycles. The second-order valence-corrected chi connectivity index (χ2v) is 8.26. The van der Waals surface area contributed by atoms with E-state index in [9.17, 15) is 0 Å². The van der Waals surface area contributed by atoms with Gasteiger partial charge < -0.3 is 4.46 Å². The first-order valence-corrected chi connectivity index (χ1v) is 10.9. The van der Waals surface area contributed by atoms with Crippen LogP contribution in [0.3, 0.4) is 0 Å². The molecule has 0 unspecified atom stereocenters. The van der Waals surface area contributed by atoms with E-state index in [0.29, 0.717) is 15.5 Å². The van der Waals surface area contributed by atoms with Gasteiger partial charge in [0.15, 0.2) is 0 Å². The Morgan fingerprint density at radius 3 is 1.04 bits per heavy atom. The van der Waals surface area contributed by atoms with Crippen LogP contribution in [0.25, 0.3) is 0 Å². The standard InChI is InChI=1S/C21H44.H2OSi/c1-5-6-7-8-9-10-11-12-13-14-15-16-17-18-19-20-21(2,3)4;1-2/h5-20H2,1-4H3;2H2. The molecule has 0 amide bonds. The van der Waals surface area contributed by atoms with Crippen LogP contribution in [-0.2, 0) is 4.46 Å². The van der Waals surface area contributed by atoms with E-state index in [0.717, 1.165) is 0 Å². The van der Waals surface area contributed by atoms with E-state index in [-0.39, 0.29) is 0 Å². The third-order valence-electron chi connectivity index (χ3n) is 4.53. The third kappa shape index (κ3) is 27.2. The zero-order valence-corrected chi connectivity index (χ0v) is 18.3. The predicted octanol–water partition coefficient (Wildman–Crippen LogP) is 7.26. The van der Waals surface area contributed by atoms with Crippen LogP contribution in [0.4, 0.5) is 0 Å². The van der Waals surface area contributed by atoms with E-state index in [2.05, 4.69) is 27.7 Å². The van der Waals surface area contributed by atoms with Crippen LogP contribution in [0.1, 0.15) is 130 Å². The van der Waals surface area contributed by atoms with E-state index >= 15 is 0 Å². The summed E-state index contributed by atoms with van der Waals surface area (Å²) >= 11 is 0. The smallest absolute Gasteiger partial charge is 0.245 e. The van der Waals surface area contributed by atoms with Crippen molar-refractivity contribution < 1.29 is 4.46 Å². The molecular formula is C21H46OSi. The number of unbranched alkanes of at least 4 members (excludes halogenated alkanes) is 14. The van der Waals surface area contributed by atoms with E-state index in [4.69, 9.17) is 4.46 Å². The molecule has 0 bridgehead atoms. The van der Waals surface area contributed by atoms with Crippen LogP contribution in [0, 0.1) is 5.41 Å². The van der Waals surface area contributed by atoms with Gasteiger partial charge in [-0.25, -0.2) is 0 Å². The Morgan fingerprint density at radius 2 is 0.783 bits per heavy atom. The molecule has 0 aliphatic carbocycles. The maximum atomic E-state index is 8.28. The van der Waals surface area contributed by atoms with Gasteiger partial charge in [-0.05, 0) is 11.8 Å². The maximum Gasteiger partial charge on any atom is 0.245 e. The van der Waals surface area contributed by atoms with Gasteiger partial charge in [0.1, 0.15) is 0 Å². The highest BCUT2D eigenvalue weighted by Gasteiger charge is 2.08. The summed E-state index contributed by atoms with van der Waals surface area (Å²) in [5.74, 6) is 0. The summed E-state index contributed by atoms with van der Waals surface area (Å²) in [7, 11) is 0.611. The molecule has 0 aromatic rings. The lowest BCUT2D eigenvalue weighted by Crippen LogP contribution is -2.03. The molecular weight excluding hydrogens is 296 g/mol. The van der Waals surface area contributed by atoms with E-state index in [1.165, 1.54) is 103 Å². The first kappa shape index (κ1) is 25.3. The van der Waals surface area contributed by atoms with Crippen LogP contribution in [0.2, 0.25) is 0 Å². The Labute approximate surface area is 150 Å². The monoisotopic (exact) mass is 342 g/mol. The summed E-state index contributed by atoms with van der Waals surface area (Å²) in [5.41, 5.74) is 0.538. The molecule has 23 heavy (non-hydrogen) atoms. The van der Waals surface area contributed by atoms with Crippen molar-refractivity contribution in [2.75, 3.05) is 0 Å². The highest BCUT2D eigenvalue weighted by atomic mass is 28.1. The Balaban J connectivity index is 0. The van der Waals surface area contributed by atoms with Gasteiger partial charge in [0.2, 0.25) is 10.1 Å². The van der Waals surface area contributed by atoms with Gasteiger partial charge in [0.05, 0.1) is 0 Å². The van der Waals surface area contributed by atoms with E-state index < -0.39 is 0 Å². The first-order valence-electron chi connectivity index (χ1n) is 10.3. The second-order valence-electron chi connectivity index (χ2n) is 8.26. The number of rotatable bonds is 15. The summed E-state index contributed by atoms with van der Waals surface area (Å²) in [6.07, 6.45) is 23.3. The summed E-state index contributed by atoms with van der Waals surface area (Å²) in [6, 6.07) is 0. The molecule has 0 N–H and O–H groups in total. The quantitative estimate of drug-likeness (QED) is 0.226. The van der Waals surface area contributed by atoms with Crippen LogP contribution in [0.15, 0.2) is 0 Å². The van der Waals surface area contributed by atoms with Crippen LogP contribution in [-0.4, -0.2) is 10.1 Å². The molecule has 140 valence electrons. The highest BCUT2D eigenvalue weighted by molar-refractivity contribution is 5.85. The Bertz CT molecular complexity index is 210. The molecule has 0 heterocycles. The van der Waals surface area contributed by atoms with E-state index in [1.54, 1.807) is 0 Å². The summed E-state index contributed by atoms with van der Waals surface area (Å²) in [4.78, 5) is 0. The molecule has 0 aliphatic heterocycles. The van der Waals surface area contributed by atoms with Crippen molar-refractivity contribution >= 4 is 10.1 Å². The normalized spacial score (nSPS) is 11.1. The Kier molecular flexibility index (Phi) is 22.0. The fourth-order valence-electron chi connectivity index (χ4n) is 3.03. The van der Waals surface area contributed by atoms with Crippen LogP contribution >= 0.6 is 0 Å². The third-order valence-corrected chi connectivity index (χ3v) is 4.53. The van der Waals surface area contributed by atoms with Gasteiger partial charge in [-0.1, -0.05) is 124 Å². The minimum Gasteiger partial charge on any atom is -0.396 e. The van der Waals surface area contributed by atoms with Gasteiger partial charge >= 0.3 is 0 Å². The average Bonchev–Trinajstić information content (AvgIpc) is 2.52. The lowest BCUT2D eigenvalue weighted by atomic mass is 9.89. The second kappa shape index (κ2) is 20.1. The molecule has 0 radical (unpaired) electrons. The van der Waals surface area contributed by atoms with Gasteiger partial charge in [-0.15, -0.1) is 0 Å². The van der Waals surface area contributed by atoms with Gasteiger partial charge in [-0.2, -0.15) is 0 Å². The molecule has 0 rings (SSSR count). The van der Waals surface area contributed by atoms with Crippen molar-refractivity contribution in [3.63, 3.8) is 0 Å². The first-order chi connectivity index (χ1) is 11.1. The topological polar surface area (TPSA) is 17.1 Å². The van der Waals surface area contributed by atoms with Crippen molar-refractivity contribution in [2.45, 2.75) is 130 Å². The summed E-state index contributed by atoms with van der Waals surface area (Å²) in [5, 5.41) is 0. The van der Waals surface area contributed by atoms with Crippen molar-refractivity contribution in [2.24, 2.45) is 5.41 Å². The molecule has 0 aromatic heterocycles. The lowest BCUT2D eigenvalue weighted by Gasteiger charge is -2.17. The van der Waals surface area contributed by atoms with Crippen LogP contribution in [0.5, 0.6) is 0 Å². The van der Waals surface area contributed by atoms with E-state index in [1.807, 2.05) is 0 Å². The molecule has 0 atom stereocenters. The maximum absolute atomic E-state index is 8.28. The fraction of sp³-hybridized carbons (Fsp3) is 1.00. The van der Waals surface area contributed by atoms with Crippen LogP contribution < -0.4 is 0 Å². The molecule has 0 aromatic carbocycles. The summed E-state index contributed by atoms with van der Waals surface area (Å²) < 4.78 is 8.28. The predicted molar refractivity (Wildman–Crippen MR) is 108 cm³/mol. The molecule has 0 aliphatic rings. The van der Waals surface area contributed by atoms with Gasteiger partial charge in [0, 0.05) is 0 Å². The largest absolute Gasteiger partial charge is 0.396 e. The minimum atomic E-state index is 0.538. The minimum absolute atomic E-state index is 0.538. The van der Waals surface area contributed by atoms with Crippen molar-refractivity contribution in [3.05, 3.63) is 0 Å². The van der Waals surface area contributed by atoms with Crippen molar-refractivity contribution in [1.29, 1.82) is 0 Å². The zero-order valence-electron chi connectivity index (χ0n) is 16.9. The van der Waals surface area contributed by atoms with Gasteiger partial charge in [-0.3, -0.25) is 0 Å². The fourth-order valence-corrected chi connectivity index (χ4v) is 3.03. The molecule has 0 fully saturated rings. The Hall–Kier alpha value is 0.0169. The summed E-state index contributed by atoms with van der Waals surface area (Å²) in [6.45, 7) is 9.37. The number of hydrogen-bond acceptors (Lipinski definition) is 1. The van der Waals surface area contributed by atoms with Crippen molar-refractivity contribution in [1.82, 2.24) is 0 Å². The zero-order chi connectivity index (χ0) is 17.8. The SMILES string of the molecule is CCCCCCCCCCCCCCCCCC(C)(C)C.O=[SiH2]. The highest BCUT2D eigenvalue weighted by Crippen LogP contribution is 2.22. The van der Waals surface area contributed by atoms with Gasteiger partial charge in [0.25, 0.3) is 0 Å².